The molecule has 1 amide bonds. The van der Waals surface area contributed by atoms with Crippen LogP contribution in [0.2, 0.25) is 0 Å². The molecule has 1 heterocycles. The highest BCUT2D eigenvalue weighted by Gasteiger charge is 2.35. The summed E-state index contributed by atoms with van der Waals surface area (Å²) in [6.45, 7) is 4.56. The Labute approximate surface area is 113 Å². The van der Waals surface area contributed by atoms with Crippen LogP contribution in [0.3, 0.4) is 0 Å². The lowest BCUT2D eigenvalue weighted by Crippen LogP contribution is -2.47. The average molecular weight is 272 g/mol. The van der Waals surface area contributed by atoms with Crippen molar-refractivity contribution in [2.45, 2.75) is 51.7 Å². The number of nitrogens with one attached hydrogen (secondary N) is 1. The molecule has 0 aliphatic carbocycles. The smallest absolute Gasteiger partial charge is 0.332 e. The molecule has 0 aromatic heterocycles. The summed E-state index contributed by atoms with van der Waals surface area (Å²) < 4.78 is 5.34. The Hall–Kier alpha value is -1.14. The van der Waals surface area contributed by atoms with Crippen LogP contribution < -0.4 is 11.1 Å². The number of carbonyl (C=O) groups is 2. The number of aliphatic carboxylic acids is 1. The quantitative estimate of drug-likeness (QED) is 0.626. The summed E-state index contributed by atoms with van der Waals surface area (Å²) >= 11 is 0. The average Bonchev–Trinajstić information content (AvgIpc) is 2.88. The summed E-state index contributed by atoms with van der Waals surface area (Å²) in [6.07, 6.45) is 1.59. The summed E-state index contributed by atoms with van der Waals surface area (Å²) in [5.41, 5.74) is 5.18. The number of carboxylic acid groups (broad SMARTS) is 1. The summed E-state index contributed by atoms with van der Waals surface area (Å²) in [7, 11) is 0. The Balaban J connectivity index is 2.45. The first-order valence-corrected chi connectivity index (χ1v) is 6.85. The molecule has 1 aliphatic heterocycles. The van der Waals surface area contributed by atoms with Crippen LogP contribution in [0, 0.1) is 5.41 Å². The maximum Gasteiger partial charge on any atom is 0.332 e. The molecule has 110 valence electrons. The summed E-state index contributed by atoms with van der Waals surface area (Å²) in [4.78, 5) is 22.9. The minimum atomic E-state index is -0.938. The molecular weight excluding hydrogens is 248 g/mol. The van der Waals surface area contributed by atoms with Crippen LogP contribution >= 0.6 is 0 Å². The second-order valence-electron chi connectivity index (χ2n) is 5.06. The van der Waals surface area contributed by atoms with Crippen molar-refractivity contribution in [3.05, 3.63) is 0 Å². The van der Waals surface area contributed by atoms with E-state index in [1.54, 1.807) is 0 Å². The zero-order chi connectivity index (χ0) is 14.5. The van der Waals surface area contributed by atoms with E-state index in [1.165, 1.54) is 0 Å². The summed E-state index contributed by atoms with van der Waals surface area (Å²) in [6, 6.07) is 0. The van der Waals surface area contributed by atoms with Gasteiger partial charge in [0.2, 0.25) is 5.91 Å². The van der Waals surface area contributed by atoms with Gasteiger partial charge in [-0.25, -0.2) is 4.79 Å². The van der Waals surface area contributed by atoms with E-state index in [2.05, 4.69) is 5.32 Å². The van der Waals surface area contributed by atoms with Gasteiger partial charge < -0.3 is 20.9 Å². The molecule has 19 heavy (non-hydrogen) atoms. The van der Waals surface area contributed by atoms with E-state index in [4.69, 9.17) is 15.6 Å². The largest absolute Gasteiger partial charge is 0.479 e. The van der Waals surface area contributed by atoms with E-state index in [1.807, 2.05) is 13.8 Å². The van der Waals surface area contributed by atoms with Crippen LogP contribution in [-0.4, -0.2) is 42.3 Å². The van der Waals surface area contributed by atoms with Crippen molar-refractivity contribution < 1.29 is 19.4 Å². The first-order valence-electron chi connectivity index (χ1n) is 6.85. The van der Waals surface area contributed by atoms with Crippen LogP contribution in [0.15, 0.2) is 0 Å². The maximum absolute atomic E-state index is 12.2. The van der Waals surface area contributed by atoms with Gasteiger partial charge in [0.25, 0.3) is 0 Å². The molecule has 1 saturated heterocycles. The predicted molar refractivity (Wildman–Crippen MR) is 70.6 cm³/mol. The molecule has 1 fully saturated rings. The number of amides is 1. The van der Waals surface area contributed by atoms with E-state index in [9.17, 15) is 9.59 Å². The van der Waals surface area contributed by atoms with E-state index in [-0.39, 0.29) is 12.0 Å². The van der Waals surface area contributed by atoms with E-state index < -0.39 is 17.5 Å². The van der Waals surface area contributed by atoms with Crippen molar-refractivity contribution in [2.75, 3.05) is 13.1 Å². The van der Waals surface area contributed by atoms with Crippen LogP contribution in [-0.2, 0) is 14.3 Å². The lowest BCUT2D eigenvalue weighted by atomic mass is 9.81. The van der Waals surface area contributed by atoms with Crippen LogP contribution in [0.25, 0.3) is 0 Å². The first-order chi connectivity index (χ1) is 8.99. The van der Waals surface area contributed by atoms with Crippen LogP contribution in [0.1, 0.15) is 39.5 Å². The zero-order valence-electron chi connectivity index (χ0n) is 11.6. The molecule has 6 nitrogen and oxygen atoms in total. The van der Waals surface area contributed by atoms with Gasteiger partial charge in [0.15, 0.2) is 6.10 Å². The normalized spacial score (nSPS) is 23.3. The van der Waals surface area contributed by atoms with Gasteiger partial charge in [-0.15, -0.1) is 0 Å². The molecule has 6 heteroatoms. The van der Waals surface area contributed by atoms with Crippen molar-refractivity contribution in [3.63, 3.8) is 0 Å². The maximum atomic E-state index is 12.2. The third-order valence-electron chi connectivity index (χ3n) is 4.10. The number of hydrogen-bond acceptors (Lipinski definition) is 4. The Bertz CT molecular complexity index is 320. The lowest BCUT2D eigenvalue weighted by molar-refractivity contribution is -0.149. The van der Waals surface area contributed by atoms with Crippen LogP contribution in [0.5, 0.6) is 0 Å². The van der Waals surface area contributed by atoms with Crippen molar-refractivity contribution >= 4 is 11.9 Å². The molecule has 0 saturated carbocycles. The third kappa shape index (κ3) is 3.67. The molecule has 0 spiro atoms. The topological polar surface area (TPSA) is 102 Å². The van der Waals surface area contributed by atoms with Crippen molar-refractivity contribution in [1.29, 1.82) is 0 Å². The fourth-order valence-corrected chi connectivity index (χ4v) is 2.38. The fourth-order valence-electron chi connectivity index (χ4n) is 2.38. The molecular formula is C13H24N2O4. The van der Waals surface area contributed by atoms with Gasteiger partial charge in [-0.1, -0.05) is 13.8 Å². The van der Waals surface area contributed by atoms with E-state index in [0.717, 1.165) is 0 Å². The fraction of sp³-hybridized carbons (Fsp3) is 0.846. The third-order valence-corrected chi connectivity index (χ3v) is 4.10. The Morgan fingerprint density at radius 1 is 1.37 bits per heavy atom. The Morgan fingerprint density at radius 2 is 2.00 bits per heavy atom. The van der Waals surface area contributed by atoms with Gasteiger partial charge in [-0.3, -0.25) is 4.79 Å². The molecule has 0 radical (unpaired) electrons. The number of hydrogen-bond donors (Lipinski definition) is 3. The molecule has 2 unspecified atom stereocenters. The summed E-state index contributed by atoms with van der Waals surface area (Å²) in [5.74, 6) is -1.00. The van der Waals surface area contributed by atoms with Crippen molar-refractivity contribution in [1.82, 2.24) is 5.32 Å². The number of rotatable bonds is 7. The molecule has 1 aliphatic rings. The first kappa shape index (κ1) is 15.9. The highest BCUT2D eigenvalue weighted by atomic mass is 16.5. The SMILES string of the molecule is CCC(CC)(CN)C(=O)NCC1CCC(C(=O)O)O1. The molecule has 0 aromatic carbocycles. The van der Waals surface area contributed by atoms with Gasteiger partial charge in [0.1, 0.15) is 0 Å². The minimum absolute atomic E-state index is 0.0672. The van der Waals surface area contributed by atoms with Crippen molar-refractivity contribution in [2.24, 2.45) is 11.1 Å². The monoisotopic (exact) mass is 272 g/mol. The highest BCUT2D eigenvalue weighted by Crippen LogP contribution is 2.25. The van der Waals surface area contributed by atoms with Gasteiger partial charge in [0.05, 0.1) is 11.5 Å². The molecule has 0 bridgehead atoms. The Morgan fingerprint density at radius 3 is 2.42 bits per heavy atom. The number of nitrogens with two attached hydrogens (primary N) is 1. The van der Waals surface area contributed by atoms with Gasteiger partial charge >= 0.3 is 5.97 Å². The molecule has 4 N–H and O–H groups in total. The van der Waals surface area contributed by atoms with Gasteiger partial charge in [-0.05, 0) is 25.7 Å². The number of ether oxygens (including phenoxy) is 1. The molecule has 0 aromatic rings. The van der Waals surface area contributed by atoms with Crippen LogP contribution in [0.4, 0.5) is 0 Å². The highest BCUT2D eigenvalue weighted by molar-refractivity contribution is 5.82. The Kier molecular flexibility index (Phi) is 5.75. The van der Waals surface area contributed by atoms with Gasteiger partial charge in [0, 0.05) is 13.1 Å². The van der Waals surface area contributed by atoms with Crippen molar-refractivity contribution in [3.8, 4) is 0 Å². The van der Waals surface area contributed by atoms with Gasteiger partial charge in [-0.2, -0.15) is 0 Å². The number of carbonyl (C=O) groups excluding carboxylic acids is 1. The predicted octanol–water partition coefficient (Wildman–Crippen LogP) is 0.500. The second-order valence-corrected chi connectivity index (χ2v) is 5.06. The summed E-state index contributed by atoms with van der Waals surface area (Å²) in [5, 5.41) is 11.7. The molecule has 2 atom stereocenters. The number of carboxylic acids is 1. The zero-order valence-corrected chi connectivity index (χ0v) is 11.6. The van der Waals surface area contributed by atoms with E-state index in [0.29, 0.717) is 38.8 Å². The lowest BCUT2D eigenvalue weighted by Gasteiger charge is -2.29. The second kappa shape index (κ2) is 6.86. The minimum Gasteiger partial charge on any atom is -0.479 e. The molecule has 1 rings (SSSR count). The standard InChI is InChI=1S/C13H24N2O4/c1-3-13(4-2,8-14)12(18)15-7-9-5-6-10(19-9)11(16)17/h9-10H,3-8,14H2,1-2H3,(H,15,18)(H,16,17). The van der Waals surface area contributed by atoms with E-state index >= 15 is 0 Å².